The third kappa shape index (κ3) is 4.95. The van der Waals surface area contributed by atoms with E-state index in [9.17, 15) is 9.59 Å². The van der Waals surface area contributed by atoms with Crippen molar-refractivity contribution in [3.05, 3.63) is 71.8 Å². The molecule has 0 aliphatic rings. The molecule has 0 aliphatic heterocycles. The summed E-state index contributed by atoms with van der Waals surface area (Å²) in [5, 5.41) is 0. The molecule has 1 unspecified atom stereocenters. The van der Waals surface area contributed by atoms with Crippen molar-refractivity contribution < 1.29 is 14.3 Å². The molecule has 0 aliphatic carbocycles. The first-order valence-corrected chi connectivity index (χ1v) is 8.14. The van der Waals surface area contributed by atoms with Crippen molar-refractivity contribution in [2.45, 2.75) is 25.8 Å². The fourth-order valence-electron chi connectivity index (χ4n) is 2.38. The lowest BCUT2D eigenvalue weighted by Gasteiger charge is -2.25. The maximum atomic E-state index is 12.4. The molecule has 24 heavy (non-hydrogen) atoms. The van der Waals surface area contributed by atoms with E-state index in [1.165, 1.54) is 0 Å². The Morgan fingerprint density at radius 3 is 2.08 bits per heavy atom. The van der Waals surface area contributed by atoms with Crippen LogP contribution in [-0.2, 0) is 4.74 Å². The SMILES string of the molecule is CC(CCCOC(=O)c1ccccc1)N(C)C(=O)c1ccccc1. The molecule has 0 fully saturated rings. The van der Waals surface area contributed by atoms with Gasteiger partial charge in [0.05, 0.1) is 12.2 Å². The van der Waals surface area contributed by atoms with Crippen molar-refractivity contribution in [3.8, 4) is 0 Å². The van der Waals surface area contributed by atoms with Gasteiger partial charge in [0.25, 0.3) is 5.91 Å². The van der Waals surface area contributed by atoms with Crippen LogP contribution in [0.1, 0.15) is 40.5 Å². The Hall–Kier alpha value is -2.62. The zero-order valence-electron chi connectivity index (χ0n) is 14.1. The smallest absolute Gasteiger partial charge is 0.338 e. The van der Waals surface area contributed by atoms with E-state index in [1.807, 2.05) is 55.5 Å². The number of esters is 1. The number of benzene rings is 2. The van der Waals surface area contributed by atoms with Crippen LogP contribution < -0.4 is 0 Å². The molecule has 0 saturated heterocycles. The third-order valence-electron chi connectivity index (χ3n) is 4.01. The van der Waals surface area contributed by atoms with Gasteiger partial charge in [0.15, 0.2) is 0 Å². The molecule has 0 heterocycles. The summed E-state index contributed by atoms with van der Waals surface area (Å²) in [6.07, 6.45) is 1.49. The molecule has 2 rings (SSSR count). The number of nitrogens with zero attached hydrogens (tertiary/aromatic N) is 1. The van der Waals surface area contributed by atoms with Gasteiger partial charge >= 0.3 is 5.97 Å². The lowest BCUT2D eigenvalue weighted by atomic mass is 10.1. The minimum Gasteiger partial charge on any atom is -0.462 e. The zero-order chi connectivity index (χ0) is 17.4. The summed E-state index contributed by atoms with van der Waals surface area (Å²) in [6.45, 7) is 2.35. The topological polar surface area (TPSA) is 46.6 Å². The van der Waals surface area contributed by atoms with Crippen LogP contribution in [-0.4, -0.2) is 36.5 Å². The number of amides is 1. The fourth-order valence-corrected chi connectivity index (χ4v) is 2.38. The Labute approximate surface area is 143 Å². The van der Waals surface area contributed by atoms with Gasteiger partial charge in [-0.25, -0.2) is 4.79 Å². The van der Waals surface area contributed by atoms with E-state index in [4.69, 9.17) is 4.74 Å². The molecule has 4 nitrogen and oxygen atoms in total. The highest BCUT2D eigenvalue weighted by molar-refractivity contribution is 5.94. The highest BCUT2D eigenvalue weighted by Gasteiger charge is 2.17. The van der Waals surface area contributed by atoms with Crippen LogP contribution in [0.15, 0.2) is 60.7 Å². The number of ether oxygens (including phenoxy) is 1. The highest BCUT2D eigenvalue weighted by atomic mass is 16.5. The average Bonchev–Trinajstić information content (AvgIpc) is 2.65. The summed E-state index contributed by atoms with van der Waals surface area (Å²) < 4.78 is 5.26. The second kappa shape index (κ2) is 8.87. The first-order chi connectivity index (χ1) is 11.6. The Morgan fingerprint density at radius 1 is 0.958 bits per heavy atom. The van der Waals surface area contributed by atoms with E-state index in [-0.39, 0.29) is 17.9 Å². The molecular formula is C20H23NO3. The van der Waals surface area contributed by atoms with Gasteiger partial charge in [-0.2, -0.15) is 0 Å². The van der Waals surface area contributed by atoms with Gasteiger partial charge in [0, 0.05) is 18.7 Å². The van der Waals surface area contributed by atoms with Crippen molar-refractivity contribution in [1.82, 2.24) is 4.90 Å². The van der Waals surface area contributed by atoms with E-state index in [2.05, 4.69) is 0 Å². The fraction of sp³-hybridized carbons (Fsp3) is 0.300. The first kappa shape index (κ1) is 17.7. The Bertz CT molecular complexity index is 655. The normalized spacial score (nSPS) is 11.6. The minimum absolute atomic E-state index is 0.00406. The number of carbonyl (C=O) groups is 2. The highest BCUT2D eigenvalue weighted by Crippen LogP contribution is 2.11. The summed E-state index contributed by atoms with van der Waals surface area (Å²) >= 11 is 0. The number of hydrogen-bond acceptors (Lipinski definition) is 3. The van der Waals surface area contributed by atoms with E-state index in [0.29, 0.717) is 24.2 Å². The van der Waals surface area contributed by atoms with Crippen molar-refractivity contribution in [1.29, 1.82) is 0 Å². The van der Waals surface area contributed by atoms with E-state index in [0.717, 1.165) is 6.42 Å². The second-order valence-electron chi connectivity index (χ2n) is 5.78. The van der Waals surface area contributed by atoms with E-state index < -0.39 is 0 Å². The maximum absolute atomic E-state index is 12.4. The van der Waals surface area contributed by atoms with Crippen LogP contribution in [0.3, 0.4) is 0 Å². The average molecular weight is 325 g/mol. The van der Waals surface area contributed by atoms with Crippen LogP contribution >= 0.6 is 0 Å². The second-order valence-corrected chi connectivity index (χ2v) is 5.78. The Balaban J connectivity index is 1.74. The maximum Gasteiger partial charge on any atom is 0.338 e. The molecule has 4 heteroatoms. The summed E-state index contributed by atoms with van der Waals surface area (Å²) in [5.41, 5.74) is 1.24. The van der Waals surface area contributed by atoms with Gasteiger partial charge in [-0.05, 0) is 44.0 Å². The Morgan fingerprint density at radius 2 is 1.50 bits per heavy atom. The number of hydrogen-bond donors (Lipinski definition) is 0. The molecule has 0 aromatic heterocycles. The molecule has 0 saturated carbocycles. The van der Waals surface area contributed by atoms with Crippen molar-refractivity contribution in [3.63, 3.8) is 0 Å². The quantitative estimate of drug-likeness (QED) is 0.575. The minimum atomic E-state index is -0.308. The Kier molecular flexibility index (Phi) is 6.55. The molecule has 2 aromatic rings. The van der Waals surface area contributed by atoms with Crippen LogP contribution in [0.25, 0.3) is 0 Å². The van der Waals surface area contributed by atoms with Crippen LogP contribution in [0, 0.1) is 0 Å². The van der Waals surface area contributed by atoms with Crippen LogP contribution in [0.5, 0.6) is 0 Å². The van der Waals surface area contributed by atoms with Gasteiger partial charge in [-0.3, -0.25) is 4.79 Å². The van der Waals surface area contributed by atoms with Crippen molar-refractivity contribution in [2.75, 3.05) is 13.7 Å². The molecule has 126 valence electrons. The van der Waals surface area contributed by atoms with Gasteiger partial charge in [-0.15, -0.1) is 0 Å². The molecule has 0 radical (unpaired) electrons. The number of rotatable bonds is 7. The predicted molar refractivity (Wildman–Crippen MR) is 94.0 cm³/mol. The lowest BCUT2D eigenvalue weighted by Crippen LogP contribution is -2.35. The molecular weight excluding hydrogens is 302 g/mol. The summed E-state index contributed by atoms with van der Waals surface area (Å²) in [7, 11) is 1.80. The van der Waals surface area contributed by atoms with Gasteiger partial charge in [-0.1, -0.05) is 36.4 Å². The molecule has 0 N–H and O–H groups in total. The monoisotopic (exact) mass is 325 g/mol. The molecule has 2 aromatic carbocycles. The first-order valence-electron chi connectivity index (χ1n) is 8.14. The largest absolute Gasteiger partial charge is 0.462 e. The summed E-state index contributed by atoms with van der Waals surface area (Å²) in [6, 6.07) is 18.2. The lowest BCUT2D eigenvalue weighted by molar-refractivity contribution is 0.0483. The van der Waals surface area contributed by atoms with Crippen molar-refractivity contribution >= 4 is 11.9 Å². The van der Waals surface area contributed by atoms with E-state index >= 15 is 0 Å². The van der Waals surface area contributed by atoms with Gasteiger partial charge in [0.2, 0.25) is 0 Å². The molecule has 0 bridgehead atoms. The van der Waals surface area contributed by atoms with Crippen molar-refractivity contribution in [2.24, 2.45) is 0 Å². The predicted octanol–water partition coefficient (Wildman–Crippen LogP) is 3.78. The molecule has 0 spiro atoms. The standard InChI is InChI=1S/C20H23NO3/c1-16(21(2)19(22)17-11-5-3-6-12-17)10-9-15-24-20(23)18-13-7-4-8-14-18/h3-8,11-14,16H,9-10,15H2,1-2H3. The van der Waals surface area contributed by atoms with Crippen LogP contribution in [0.2, 0.25) is 0 Å². The number of carbonyl (C=O) groups excluding carboxylic acids is 2. The molecule has 1 amide bonds. The van der Waals surface area contributed by atoms with Crippen LogP contribution in [0.4, 0.5) is 0 Å². The zero-order valence-corrected chi connectivity index (χ0v) is 14.1. The molecule has 1 atom stereocenters. The van der Waals surface area contributed by atoms with Gasteiger partial charge in [0.1, 0.15) is 0 Å². The summed E-state index contributed by atoms with van der Waals surface area (Å²) in [5.74, 6) is -0.304. The summed E-state index contributed by atoms with van der Waals surface area (Å²) in [4.78, 5) is 25.9. The third-order valence-corrected chi connectivity index (χ3v) is 4.01. The van der Waals surface area contributed by atoms with Gasteiger partial charge < -0.3 is 9.64 Å². The van der Waals surface area contributed by atoms with E-state index in [1.54, 1.807) is 24.1 Å².